The molecule has 3 aromatic carbocycles. The standard InChI is InChI=1S/C23H20N2O4/c1-28-21-13-10-17(14-22(21)29-2)20(15-23(26)27)16-8-11-19(12-9-16)25-24-18-6-4-3-5-7-18/h3-15H,1-2H3,(H,26,27)/b20-15+,25-24+. The predicted molar refractivity (Wildman–Crippen MR) is 111 cm³/mol. The highest BCUT2D eigenvalue weighted by Crippen LogP contribution is 2.33. The van der Waals surface area contributed by atoms with Crippen LogP contribution in [0.5, 0.6) is 11.5 Å². The van der Waals surface area contributed by atoms with Crippen LogP contribution in [0.4, 0.5) is 11.4 Å². The Labute approximate surface area is 168 Å². The number of ether oxygens (including phenoxy) is 2. The molecule has 0 amide bonds. The largest absolute Gasteiger partial charge is 0.493 e. The Bertz CT molecular complexity index is 1040. The van der Waals surface area contributed by atoms with E-state index >= 15 is 0 Å². The molecule has 3 rings (SSSR count). The molecule has 0 aliphatic carbocycles. The minimum atomic E-state index is -1.04. The van der Waals surface area contributed by atoms with Gasteiger partial charge in [0.1, 0.15) is 0 Å². The van der Waals surface area contributed by atoms with Crippen molar-refractivity contribution in [2.75, 3.05) is 14.2 Å². The monoisotopic (exact) mass is 388 g/mol. The van der Waals surface area contributed by atoms with E-state index < -0.39 is 5.97 Å². The zero-order valence-electron chi connectivity index (χ0n) is 16.1. The van der Waals surface area contributed by atoms with Crippen molar-refractivity contribution in [2.24, 2.45) is 10.2 Å². The molecule has 0 heterocycles. The fourth-order valence-electron chi connectivity index (χ4n) is 2.78. The zero-order valence-corrected chi connectivity index (χ0v) is 16.1. The number of rotatable bonds is 7. The lowest BCUT2D eigenvalue weighted by Crippen LogP contribution is -1.97. The summed E-state index contributed by atoms with van der Waals surface area (Å²) >= 11 is 0. The molecule has 3 aromatic rings. The van der Waals surface area contributed by atoms with Crippen LogP contribution in [0.1, 0.15) is 11.1 Å². The van der Waals surface area contributed by atoms with Gasteiger partial charge < -0.3 is 14.6 Å². The van der Waals surface area contributed by atoms with Crippen LogP contribution < -0.4 is 9.47 Å². The van der Waals surface area contributed by atoms with Gasteiger partial charge in [0, 0.05) is 6.08 Å². The summed E-state index contributed by atoms with van der Waals surface area (Å²) in [5, 5.41) is 17.7. The van der Waals surface area contributed by atoms with Gasteiger partial charge in [-0.1, -0.05) is 36.4 Å². The minimum Gasteiger partial charge on any atom is -0.493 e. The van der Waals surface area contributed by atoms with Gasteiger partial charge >= 0.3 is 5.97 Å². The molecule has 0 saturated carbocycles. The maximum Gasteiger partial charge on any atom is 0.328 e. The fourth-order valence-corrected chi connectivity index (χ4v) is 2.78. The van der Waals surface area contributed by atoms with E-state index in [4.69, 9.17) is 9.47 Å². The maximum absolute atomic E-state index is 11.4. The van der Waals surface area contributed by atoms with E-state index in [-0.39, 0.29) is 0 Å². The molecule has 0 saturated heterocycles. The summed E-state index contributed by atoms with van der Waals surface area (Å²) in [6, 6.07) is 21.9. The molecule has 0 bridgehead atoms. The molecule has 29 heavy (non-hydrogen) atoms. The Morgan fingerprint density at radius 1 is 0.793 bits per heavy atom. The van der Waals surface area contributed by atoms with Crippen LogP contribution in [0.2, 0.25) is 0 Å². The SMILES string of the molecule is COc1ccc(/C(=C/C(=O)O)c2ccc(/N=N/c3ccccc3)cc2)cc1OC. The van der Waals surface area contributed by atoms with Gasteiger partial charge in [-0.15, -0.1) is 0 Å². The molecule has 0 spiro atoms. The van der Waals surface area contributed by atoms with Gasteiger partial charge in [-0.2, -0.15) is 10.2 Å². The molecular weight excluding hydrogens is 368 g/mol. The summed E-state index contributed by atoms with van der Waals surface area (Å²) in [7, 11) is 3.09. The molecule has 6 heteroatoms. The van der Waals surface area contributed by atoms with Crippen LogP contribution in [0.15, 0.2) is 89.1 Å². The number of aliphatic carboxylic acids is 1. The lowest BCUT2D eigenvalue weighted by Gasteiger charge is -2.12. The quantitative estimate of drug-likeness (QED) is 0.420. The topological polar surface area (TPSA) is 80.5 Å². The van der Waals surface area contributed by atoms with Crippen molar-refractivity contribution in [3.05, 3.63) is 90.0 Å². The molecule has 0 aliphatic rings. The van der Waals surface area contributed by atoms with Gasteiger partial charge in [-0.25, -0.2) is 4.79 Å². The van der Waals surface area contributed by atoms with E-state index in [0.29, 0.717) is 28.3 Å². The van der Waals surface area contributed by atoms with Gasteiger partial charge in [0.15, 0.2) is 11.5 Å². The molecule has 0 aliphatic heterocycles. The average Bonchev–Trinajstić information content (AvgIpc) is 2.76. The molecule has 0 unspecified atom stereocenters. The van der Waals surface area contributed by atoms with E-state index in [1.807, 2.05) is 42.5 Å². The Kier molecular flexibility index (Phi) is 6.37. The molecule has 0 aromatic heterocycles. The fraction of sp³-hybridized carbons (Fsp3) is 0.0870. The zero-order chi connectivity index (χ0) is 20.6. The summed E-state index contributed by atoms with van der Waals surface area (Å²) in [6.45, 7) is 0. The Balaban J connectivity index is 1.92. The first-order chi connectivity index (χ1) is 14.1. The van der Waals surface area contributed by atoms with Crippen molar-refractivity contribution < 1.29 is 19.4 Å². The molecule has 0 radical (unpaired) electrons. The van der Waals surface area contributed by atoms with Crippen molar-refractivity contribution in [2.45, 2.75) is 0 Å². The second-order valence-electron chi connectivity index (χ2n) is 6.05. The summed E-state index contributed by atoms with van der Waals surface area (Å²) in [6.07, 6.45) is 1.17. The van der Waals surface area contributed by atoms with E-state index in [9.17, 15) is 9.90 Å². The Morgan fingerprint density at radius 2 is 1.38 bits per heavy atom. The van der Waals surface area contributed by atoms with Crippen LogP contribution in [0.25, 0.3) is 5.57 Å². The van der Waals surface area contributed by atoms with E-state index in [2.05, 4.69) is 10.2 Å². The first-order valence-corrected chi connectivity index (χ1v) is 8.85. The minimum absolute atomic E-state index is 0.523. The second-order valence-corrected chi connectivity index (χ2v) is 6.05. The van der Waals surface area contributed by atoms with E-state index in [1.54, 1.807) is 37.4 Å². The van der Waals surface area contributed by atoms with Gasteiger partial charge in [-0.05, 0) is 53.1 Å². The molecular formula is C23H20N2O4. The highest BCUT2D eigenvalue weighted by molar-refractivity contribution is 5.95. The van der Waals surface area contributed by atoms with Crippen molar-refractivity contribution in [1.29, 1.82) is 0 Å². The number of hydrogen-bond acceptors (Lipinski definition) is 5. The highest BCUT2D eigenvalue weighted by atomic mass is 16.5. The van der Waals surface area contributed by atoms with Crippen LogP contribution in [-0.2, 0) is 4.79 Å². The lowest BCUT2D eigenvalue weighted by molar-refractivity contribution is -0.131. The predicted octanol–water partition coefficient (Wildman–Crippen LogP) is 5.64. The smallest absolute Gasteiger partial charge is 0.328 e. The highest BCUT2D eigenvalue weighted by Gasteiger charge is 2.12. The van der Waals surface area contributed by atoms with E-state index in [0.717, 1.165) is 11.3 Å². The summed E-state index contributed by atoms with van der Waals surface area (Å²) in [4.78, 5) is 11.4. The summed E-state index contributed by atoms with van der Waals surface area (Å²) < 4.78 is 10.6. The summed E-state index contributed by atoms with van der Waals surface area (Å²) in [5.74, 6) is 0.0554. The average molecular weight is 388 g/mol. The molecule has 6 nitrogen and oxygen atoms in total. The van der Waals surface area contributed by atoms with E-state index in [1.165, 1.54) is 13.2 Å². The lowest BCUT2D eigenvalue weighted by atomic mass is 9.97. The number of carboxylic acids is 1. The van der Waals surface area contributed by atoms with Crippen molar-refractivity contribution >= 4 is 22.9 Å². The molecule has 0 atom stereocenters. The first-order valence-electron chi connectivity index (χ1n) is 8.85. The number of benzene rings is 3. The molecule has 146 valence electrons. The van der Waals surface area contributed by atoms with Gasteiger partial charge in [-0.3, -0.25) is 0 Å². The number of azo groups is 1. The molecule has 0 fully saturated rings. The normalized spacial score (nSPS) is 11.4. The maximum atomic E-state index is 11.4. The van der Waals surface area contributed by atoms with Crippen LogP contribution in [-0.4, -0.2) is 25.3 Å². The Morgan fingerprint density at radius 3 is 1.97 bits per heavy atom. The third-order valence-electron chi connectivity index (χ3n) is 4.18. The number of hydrogen-bond donors (Lipinski definition) is 1. The number of nitrogens with zero attached hydrogens (tertiary/aromatic N) is 2. The van der Waals surface area contributed by atoms with Crippen LogP contribution in [0.3, 0.4) is 0 Å². The molecule has 1 N–H and O–H groups in total. The third kappa shape index (κ3) is 5.07. The van der Waals surface area contributed by atoms with Crippen molar-refractivity contribution in [3.8, 4) is 11.5 Å². The van der Waals surface area contributed by atoms with Crippen LogP contribution in [0, 0.1) is 0 Å². The number of methoxy groups -OCH3 is 2. The second kappa shape index (κ2) is 9.32. The van der Waals surface area contributed by atoms with Crippen LogP contribution >= 0.6 is 0 Å². The number of carbonyl (C=O) groups is 1. The van der Waals surface area contributed by atoms with Gasteiger partial charge in [0.2, 0.25) is 0 Å². The Hall–Kier alpha value is -3.93. The van der Waals surface area contributed by atoms with Gasteiger partial charge in [0.05, 0.1) is 25.6 Å². The van der Waals surface area contributed by atoms with Crippen molar-refractivity contribution in [3.63, 3.8) is 0 Å². The summed E-state index contributed by atoms with van der Waals surface area (Å²) in [5.41, 5.74) is 3.40. The third-order valence-corrected chi connectivity index (χ3v) is 4.18. The number of carboxylic acid groups (broad SMARTS) is 1. The van der Waals surface area contributed by atoms with Crippen molar-refractivity contribution in [1.82, 2.24) is 0 Å². The first kappa shape index (κ1) is 19.8. The van der Waals surface area contributed by atoms with Gasteiger partial charge in [0.25, 0.3) is 0 Å².